The van der Waals surface area contributed by atoms with E-state index in [1.165, 1.54) is 45.2 Å². The predicted molar refractivity (Wildman–Crippen MR) is 83.8 cm³/mol. The van der Waals surface area contributed by atoms with E-state index in [-0.39, 0.29) is 0 Å². The standard InChI is InChI=1S/C15H25ClN4O/c1-20-12(13(16)19-14(20)21-2)10-18-11-3-4-15(9-11)5-7-17-8-6-15/h11,17-18H,3-10H2,1-2H3. The summed E-state index contributed by atoms with van der Waals surface area (Å²) in [7, 11) is 3.56. The van der Waals surface area contributed by atoms with Gasteiger partial charge in [0.15, 0.2) is 5.15 Å². The SMILES string of the molecule is COc1nc(Cl)c(CNC2CCC3(CCNCC3)C2)n1C. The van der Waals surface area contributed by atoms with Crippen molar-refractivity contribution in [1.29, 1.82) is 0 Å². The van der Waals surface area contributed by atoms with Crippen LogP contribution in [0, 0.1) is 5.41 Å². The van der Waals surface area contributed by atoms with Gasteiger partial charge in [0.1, 0.15) is 0 Å². The van der Waals surface area contributed by atoms with Crippen molar-refractivity contribution in [3.8, 4) is 6.01 Å². The highest BCUT2D eigenvalue weighted by Gasteiger charge is 2.39. The van der Waals surface area contributed by atoms with Crippen LogP contribution in [0.4, 0.5) is 0 Å². The Morgan fingerprint density at radius 3 is 2.86 bits per heavy atom. The minimum absolute atomic E-state index is 0.538. The number of nitrogens with zero attached hydrogens (tertiary/aromatic N) is 2. The minimum Gasteiger partial charge on any atom is -0.468 e. The molecule has 1 saturated heterocycles. The smallest absolute Gasteiger partial charge is 0.297 e. The Balaban J connectivity index is 1.58. The van der Waals surface area contributed by atoms with Gasteiger partial charge in [-0.3, -0.25) is 4.57 Å². The van der Waals surface area contributed by atoms with Gasteiger partial charge in [-0.2, -0.15) is 4.98 Å². The second kappa shape index (κ2) is 6.15. The van der Waals surface area contributed by atoms with Gasteiger partial charge in [0.25, 0.3) is 6.01 Å². The minimum atomic E-state index is 0.538. The van der Waals surface area contributed by atoms with Crippen molar-refractivity contribution in [3.63, 3.8) is 0 Å². The summed E-state index contributed by atoms with van der Waals surface area (Å²) in [6, 6.07) is 1.16. The highest BCUT2D eigenvalue weighted by atomic mass is 35.5. The van der Waals surface area contributed by atoms with Crippen molar-refractivity contribution in [2.24, 2.45) is 12.5 Å². The molecule has 3 rings (SSSR count). The first-order valence-electron chi connectivity index (χ1n) is 7.83. The first kappa shape index (κ1) is 15.1. The topological polar surface area (TPSA) is 51.1 Å². The maximum absolute atomic E-state index is 6.20. The van der Waals surface area contributed by atoms with Crippen molar-refractivity contribution >= 4 is 11.6 Å². The van der Waals surface area contributed by atoms with Crippen molar-refractivity contribution in [2.45, 2.75) is 44.7 Å². The first-order chi connectivity index (χ1) is 10.1. The maximum atomic E-state index is 6.20. The quantitative estimate of drug-likeness (QED) is 0.894. The molecular formula is C15H25ClN4O. The summed E-state index contributed by atoms with van der Waals surface area (Å²) in [5.74, 6) is 0. The Bertz CT molecular complexity index is 496. The van der Waals surface area contributed by atoms with Gasteiger partial charge < -0.3 is 15.4 Å². The van der Waals surface area contributed by atoms with Gasteiger partial charge in [0.2, 0.25) is 0 Å². The van der Waals surface area contributed by atoms with E-state index in [9.17, 15) is 0 Å². The van der Waals surface area contributed by atoms with Crippen LogP contribution in [-0.2, 0) is 13.6 Å². The van der Waals surface area contributed by atoms with E-state index in [1.807, 2.05) is 11.6 Å². The van der Waals surface area contributed by atoms with Crippen LogP contribution in [0.25, 0.3) is 0 Å². The molecule has 1 spiro atoms. The average Bonchev–Trinajstić information content (AvgIpc) is 3.00. The Kier molecular flexibility index (Phi) is 4.43. The molecule has 2 heterocycles. The fourth-order valence-corrected chi connectivity index (χ4v) is 4.15. The van der Waals surface area contributed by atoms with Gasteiger partial charge in [-0.1, -0.05) is 11.6 Å². The van der Waals surface area contributed by atoms with E-state index in [0.29, 0.717) is 22.6 Å². The van der Waals surface area contributed by atoms with Crippen LogP contribution in [0.3, 0.4) is 0 Å². The lowest BCUT2D eigenvalue weighted by atomic mass is 9.77. The van der Waals surface area contributed by atoms with Crippen molar-refractivity contribution in [2.75, 3.05) is 20.2 Å². The summed E-state index contributed by atoms with van der Waals surface area (Å²) in [6.45, 7) is 3.11. The predicted octanol–water partition coefficient (Wildman–Crippen LogP) is 2.09. The third-order valence-electron chi connectivity index (χ3n) is 5.23. The molecule has 118 valence electrons. The number of hydrogen-bond acceptors (Lipinski definition) is 4. The van der Waals surface area contributed by atoms with Crippen LogP contribution in [0.5, 0.6) is 6.01 Å². The molecule has 6 heteroatoms. The van der Waals surface area contributed by atoms with Crippen molar-refractivity contribution in [3.05, 3.63) is 10.8 Å². The molecule has 1 saturated carbocycles. The molecule has 0 radical (unpaired) electrons. The second-order valence-corrected chi connectivity index (χ2v) is 6.82. The van der Waals surface area contributed by atoms with E-state index in [4.69, 9.17) is 16.3 Å². The van der Waals surface area contributed by atoms with Crippen molar-refractivity contribution in [1.82, 2.24) is 20.2 Å². The Morgan fingerprint density at radius 2 is 2.19 bits per heavy atom. The summed E-state index contributed by atoms with van der Waals surface area (Å²) in [4.78, 5) is 4.22. The van der Waals surface area contributed by atoms with E-state index in [1.54, 1.807) is 7.11 Å². The molecule has 0 aromatic carbocycles. The molecule has 5 nitrogen and oxygen atoms in total. The molecule has 2 fully saturated rings. The molecule has 0 amide bonds. The Morgan fingerprint density at radius 1 is 1.43 bits per heavy atom. The summed E-state index contributed by atoms with van der Waals surface area (Å²) in [6.07, 6.45) is 6.57. The zero-order valence-corrected chi connectivity index (χ0v) is 13.7. The van der Waals surface area contributed by atoms with Gasteiger partial charge in [-0.15, -0.1) is 0 Å². The molecule has 1 aliphatic carbocycles. The van der Waals surface area contributed by atoms with Gasteiger partial charge in [-0.05, 0) is 50.6 Å². The molecule has 1 aliphatic heterocycles. The lowest BCUT2D eigenvalue weighted by Crippen LogP contribution is -2.36. The van der Waals surface area contributed by atoms with Crippen LogP contribution < -0.4 is 15.4 Å². The highest BCUT2D eigenvalue weighted by Crippen LogP contribution is 2.45. The Labute approximate surface area is 131 Å². The van der Waals surface area contributed by atoms with Crippen LogP contribution in [-0.4, -0.2) is 35.8 Å². The molecule has 1 aromatic rings. The monoisotopic (exact) mass is 312 g/mol. The summed E-state index contributed by atoms with van der Waals surface area (Å²) >= 11 is 6.20. The van der Waals surface area contributed by atoms with Gasteiger partial charge in [0.05, 0.1) is 12.8 Å². The largest absolute Gasteiger partial charge is 0.468 e. The molecule has 1 atom stereocenters. The van der Waals surface area contributed by atoms with E-state index in [0.717, 1.165) is 12.2 Å². The fraction of sp³-hybridized carbons (Fsp3) is 0.800. The molecule has 1 unspecified atom stereocenters. The normalized spacial score (nSPS) is 24.6. The molecule has 21 heavy (non-hydrogen) atoms. The number of nitrogens with one attached hydrogen (secondary N) is 2. The van der Waals surface area contributed by atoms with Gasteiger partial charge in [-0.25, -0.2) is 0 Å². The van der Waals surface area contributed by atoms with E-state index >= 15 is 0 Å². The van der Waals surface area contributed by atoms with Crippen LogP contribution in [0.2, 0.25) is 5.15 Å². The van der Waals surface area contributed by atoms with E-state index < -0.39 is 0 Å². The number of methoxy groups -OCH3 is 1. The number of aromatic nitrogens is 2. The fourth-order valence-electron chi connectivity index (χ4n) is 3.89. The first-order valence-corrected chi connectivity index (χ1v) is 8.20. The van der Waals surface area contributed by atoms with Crippen LogP contribution in [0.15, 0.2) is 0 Å². The van der Waals surface area contributed by atoms with Crippen LogP contribution >= 0.6 is 11.6 Å². The number of rotatable bonds is 4. The average molecular weight is 313 g/mol. The summed E-state index contributed by atoms with van der Waals surface area (Å²) in [5.41, 5.74) is 1.58. The molecule has 1 aromatic heterocycles. The number of imidazole rings is 1. The maximum Gasteiger partial charge on any atom is 0.297 e. The number of ether oxygens (including phenoxy) is 1. The molecule has 0 bridgehead atoms. The van der Waals surface area contributed by atoms with Gasteiger partial charge >= 0.3 is 0 Å². The number of hydrogen-bond donors (Lipinski definition) is 2. The highest BCUT2D eigenvalue weighted by molar-refractivity contribution is 6.30. The number of piperidine rings is 1. The van der Waals surface area contributed by atoms with Crippen LogP contribution in [0.1, 0.15) is 37.8 Å². The summed E-state index contributed by atoms with van der Waals surface area (Å²) in [5, 5.41) is 7.68. The zero-order valence-electron chi connectivity index (χ0n) is 12.9. The zero-order chi connectivity index (χ0) is 14.9. The third kappa shape index (κ3) is 3.05. The molecule has 2 aliphatic rings. The Hall–Kier alpha value is -0.780. The van der Waals surface area contributed by atoms with Crippen molar-refractivity contribution < 1.29 is 4.74 Å². The lowest BCUT2D eigenvalue weighted by molar-refractivity contribution is 0.204. The van der Waals surface area contributed by atoms with Gasteiger partial charge in [0, 0.05) is 19.6 Å². The molecule has 2 N–H and O–H groups in total. The third-order valence-corrected chi connectivity index (χ3v) is 5.53. The van der Waals surface area contributed by atoms with E-state index in [2.05, 4.69) is 15.6 Å². The second-order valence-electron chi connectivity index (χ2n) is 6.47. The number of halogens is 1. The lowest BCUT2D eigenvalue weighted by Gasteiger charge is -2.34. The summed E-state index contributed by atoms with van der Waals surface area (Å²) < 4.78 is 7.12. The molecular weight excluding hydrogens is 288 g/mol.